The molecular formula is C16H14F4N4O2. The summed E-state index contributed by atoms with van der Waals surface area (Å²) in [6, 6.07) is 4.99. The standard InChI is InChI=1S/C16H14F4N4O2/c17-9-1-2-13-11(7-9)14(23-24(13)6-4-16(18,19)20)22-12-8-21-5-3-10(12)15(25)26/h1-3,5,7-8,14,22-23H,4,6H2,(H,25,26). The van der Waals surface area contributed by atoms with E-state index >= 15 is 0 Å². The molecule has 0 spiro atoms. The predicted octanol–water partition coefficient (Wildman–Crippen LogP) is 3.31. The van der Waals surface area contributed by atoms with Crippen LogP contribution in [-0.2, 0) is 0 Å². The molecule has 1 aromatic heterocycles. The maximum absolute atomic E-state index is 13.6. The molecule has 1 aliphatic rings. The molecule has 26 heavy (non-hydrogen) atoms. The van der Waals surface area contributed by atoms with E-state index in [2.05, 4.69) is 15.7 Å². The van der Waals surface area contributed by atoms with Gasteiger partial charge in [0.15, 0.2) is 0 Å². The zero-order chi connectivity index (χ0) is 18.9. The molecule has 0 aliphatic carbocycles. The minimum atomic E-state index is -4.34. The van der Waals surface area contributed by atoms with Gasteiger partial charge in [0.05, 0.1) is 29.6 Å². The average molecular weight is 370 g/mol. The molecule has 0 fully saturated rings. The van der Waals surface area contributed by atoms with Crippen LogP contribution in [-0.4, -0.2) is 28.8 Å². The van der Waals surface area contributed by atoms with Crippen molar-refractivity contribution in [2.45, 2.75) is 18.8 Å². The lowest BCUT2D eigenvalue weighted by molar-refractivity contribution is -0.132. The molecule has 2 aromatic rings. The van der Waals surface area contributed by atoms with Crippen LogP contribution in [0.1, 0.15) is 28.5 Å². The minimum absolute atomic E-state index is 0.0616. The van der Waals surface area contributed by atoms with Crippen molar-refractivity contribution in [2.24, 2.45) is 0 Å². The molecule has 6 nitrogen and oxygen atoms in total. The van der Waals surface area contributed by atoms with Gasteiger partial charge in [-0.2, -0.15) is 13.2 Å². The molecule has 0 saturated heterocycles. The highest BCUT2D eigenvalue weighted by Gasteiger charge is 2.33. The lowest BCUT2D eigenvalue weighted by Crippen LogP contribution is -2.39. The largest absolute Gasteiger partial charge is 0.478 e. The number of hydrogen-bond acceptors (Lipinski definition) is 5. The van der Waals surface area contributed by atoms with Gasteiger partial charge >= 0.3 is 12.1 Å². The molecule has 0 radical (unpaired) electrons. The second-order valence-corrected chi connectivity index (χ2v) is 5.65. The molecular weight excluding hydrogens is 356 g/mol. The van der Waals surface area contributed by atoms with Crippen LogP contribution < -0.4 is 15.8 Å². The number of nitrogens with zero attached hydrogens (tertiary/aromatic N) is 2. The zero-order valence-corrected chi connectivity index (χ0v) is 13.2. The second-order valence-electron chi connectivity index (χ2n) is 5.65. The van der Waals surface area contributed by atoms with E-state index in [4.69, 9.17) is 0 Å². The number of anilines is 2. The van der Waals surface area contributed by atoms with Crippen LogP contribution in [0.25, 0.3) is 0 Å². The van der Waals surface area contributed by atoms with Crippen LogP contribution in [0, 0.1) is 5.82 Å². The molecule has 1 atom stereocenters. The van der Waals surface area contributed by atoms with Crippen LogP contribution in [0.15, 0.2) is 36.7 Å². The van der Waals surface area contributed by atoms with Crippen LogP contribution >= 0.6 is 0 Å². The van der Waals surface area contributed by atoms with E-state index in [0.29, 0.717) is 11.3 Å². The highest BCUT2D eigenvalue weighted by molar-refractivity contribution is 5.94. The first-order chi connectivity index (χ1) is 12.2. The summed E-state index contributed by atoms with van der Waals surface area (Å²) >= 11 is 0. The summed E-state index contributed by atoms with van der Waals surface area (Å²) in [5, 5.41) is 13.3. The Labute approximate surface area is 145 Å². The van der Waals surface area contributed by atoms with E-state index in [1.165, 1.54) is 35.6 Å². The fraction of sp³-hybridized carbons (Fsp3) is 0.250. The van der Waals surface area contributed by atoms with Crippen LogP contribution in [0.4, 0.5) is 28.9 Å². The number of hydrogen-bond donors (Lipinski definition) is 3. The normalized spacial score (nSPS) is 16.5. The summed E-state index contributed by atoms with van der Waals surface area (Å²) in [7, 11) is 0. The van der Waals surface area contributed by atoms with Crippen LogP contribution in [0.2, 0.25) is 0 Å². The number of hydrazine groups is 1. The van der Waals surface area contributed by atoms with E-state index in [-0.39, 0.29) is 17.8 Å². The Hall–Kier alpha value is -2.88. The number of carbonyl (C=O) groups is 1. The van der Waals surface area contributed by atoms with E-state index in [9.17, 15) is 27.5 Å². The highest BCUT2D eigenvalue weighted by Crippen LogP contribution is 2.35. The summed E-state index contributed by atoms with van der Waals surface area (Å²) < 4.78 is 51.2. The highest BCUT2D eigenvalue weighted by atomic mass is 19.4. The first-order valence-electron chi connectivity index (χ1n) is 7.58. The summed E-state index contributed by atoms with van der Waals surface area (Å²) in [4.78, 5) is 15.1. The van der Waals surface area contributed by atoms with Gasteiger partial charge in [0.1, 0.15) is 12.0 Å². The van der Waals surface area contributed by atoms with E-state index in [1.807, 2.05) is 0 Å². The Bertz CT molecular complexity index is 828. The zero-order valence-electron chi connectivity index (χ0n) is 13.2. The Kier molecular flexibility index (Phi) is 4.68. The Morgan fingerprint density at radius 3 is 2.81 bits per heavy atom. The molecule has 1 unspecified atom stereocenters. The van der Waals surface area contributed by atoms with Gasteiger partial charge in [-0.3, -0.25) is 4.98 Å². The van der Waals surface area contributed by atoms with Crippen molar-refractivity contribution in [2.75, 3.05) is 16.9 Å². The number of rotatable bonds is 5. The monoisotopic (exact) mass is 370 g/mol. The number of halogens is 4. The third kappa shape index (κ3) is 3.85. The smallest absolute Gasteiger partial charge is 0.390 e. The summed E-state index contributed by atoms with van der Waals surface area (Å²) in [5.74, 6) is -1.75. The van der Waals surface area contributed by atoms with Gasteiger partial charge in [0.2, 0.25) is 0 Å². The van der Waals surface area contributed by atoms with Crippen molar-refractivity contribution in [1.29, 1.82) is 0 Å². The second kappa shape index (κ2) is 6.79. The van der Waals surface area contributed by atoms with Crippen molar-refractivity contribution >= 4 is 17.3 Å². The lowest BCUT2D eigenvalue weighted by Gasteiger charge is -2.22. The molecule has 1 aliphatic heterocycles. The quantitative estimate of drug-likeness (QED) is 0.701. The van der Waals surface area contributed by atoms with E-state index in [1.54, 1.807) is 0 Å². The number of pyridine rings is 1. The SMILES string of the molecule is O=C(O)c1ccncc1NC1NN(CCC(F)(F)F)c2ccc(F)cc21. The minimum Gasteiger partial charge on any atom is -0.478 e. The molecule has 1 aromatic carbocycles. The number of aromatic nitrogens is 1. The van der Waals surface area contributed by atoms with Gasteiger partial charge in [-0.1, -0.05) is 0 Å². The summed E-state index contributed by atoms with van der Waals surface area (Å²) in [5.41, 5.74) is 3.65. The van der Waals surface area contributed by atoms with Crippen molar-refractivity contribution in [3.8, 4) is 0 Å². The van der Waals surface area contributed by atoms with Gasteiger partial charge in [-0.25, -0.2) is 14.6 Å². The lowest BCUT2D eigenvalue weighted by atomic mass is 10.1. The molecule has 0 amide bonds. The maximum Gasteiger partial charge on any atom is 0.390 e. The summed E-state index contributed by atoms with van der Waals surface area (Å²) in [6.45, 7) is -0.376. The number of benzene rings is 1. The Balaban J connectivity index is 1.87. The first kappa shape index (κ1) is 17.9. The Morgan fingerprint density at radius 1 is 1.35 bits per heavy atom. The summed E-state index contributed by atoms with van der Waals surface area (Å²) in [6.07, 6.45) is -3.62. The molecule has 3 rings (SSSR count). The van der Waals surface area contributed by atoms with Gasteiger partial charge in [0, 0.05) is 18.3 Å². The van der Waals surface area contributed by atoms with Crippen molar-refractivity contribution in [3.63, 3.8) is 0 Å². The van der Waals surface area contributed by atoms with Crippen molar-refractivity contribution in [3.05, 3.63) is 53.6 Å². The fourth-order valence-electron chi connectivity index (χ4n) is 2.68. The fourth-order valence-corrected chi connectivity index (χ4v) is 2.68. The molecule has 2 heterocycles. The van der Waals surface area contributed by atoms with E-state index < -0.39 is 30.5 Å². The third-order valence-corrected chi connectivity index (χ3v) is 3.85. The van der Waals surface area contributed by atoms with Gasteiger partial charge < -0.3 is 15.4 Å². The molecule has 0 bridgehead atoms. The topological polar surface area (TPSA) is 77.5 Å². The van der Waals surface area contributed by atoms with Gasteiger partial charge in [-0.15, -0.1) is 0 Å². The molecule has 3 N–H and O–H groups in total. The van der Waals surface area contributed by atoms with E-state index in [0.717, 1.165) is 6.07 Å². The average Bonchev–Trinajstić information content (AvgIpc) is 2.90. The third-order valence-electron chi connectivity index (χ3n) is 3.85. The molecule has 10 heteroatoms. The molecule has 0 saturated carbocycles. The number of nitrogens with one attached hydrogen (secondary N) is 2. The number of carboxylic acid groups (broad SMARTS) is 1. The first-order valence-corrected chi connectivity index (χ1v) is 7.58. The van der Waals surface area contributed by atoms with Gasteiger partial charge in [0.25, 0.3) is 0 Å². The molecule has 138 valence electrons. The maximum atomic E-state index is 13.6. The number of aromatic carboxylic acids is 1. The van der Waals surface area contributed by atoms with Crippen molar-refractivity contribution in [1.82, 2.24) is 10.4 Å². The van der Waals surface area contributed by atoms with Crippen molar-refractivity contribution < 1.29 is 27.5 Å². The van der Waals surface area contributed by atoms with Crippen LogP contribution in [0.5, 0.6) is 0 Å². The number of alkyl halides is 3. The number of carboxylic acids is 1. The Morgan fingerprint density at radius 2 is 2.12 bits per heavy atom. The van der Waals surface area contributed by atoms with Crippen LogP contribution in [0.3, 0.4) is 0 Å². The predicted molar refractivity (Wildman–Crippen MR) is 85.1 cm³/mol. The van der Waals surface area contributed by atoms with Gasteiger partial charge in [-0.05, 0) is 24.3 Å². The number of fused-ring (bicyclic) bond motifs is 1.